The number of unbranched alkanes of at least 4 members (excludes halogenated alkanes) is 4. The third-order valence-electron chi connectivity index (χ3n) is 13.6. The van der Waals surface area contributed by atoms with E-state index in [9.17, 15) is 28.9 Å². The van der Waals surface area contributed by atoms with E-state index in [1.54, 1.807) is 14.0 Å². The Bertz CT molecular complexity index is 2390. The number of ketones is 1. The lowest BCUT2D eigenvalue weighted by atomic mass is 9.82. The summed E-state index contributed by atoms with van der Waals surface area (Å²) in [6.45, 7) is 22.9. The molecule has 0 spiro atoms. The molecule has 0 saturated heterocycles. The number of hydrogen-bond donors (Lipinski definition) is 4. The summed E-state index contributed by atoms with van der Waals surface area (Å²) in [6, 6.07) is 0.188. The molecule has 498 valence electrons. The van der Waals surface area contributed by atoms with Gasteiger partial charge in [-0.2, -0.15) is 0 Å². The van der Waals surface area contributed by atoms with Crippen molar-refractivity contribution in [2.45, 2.75) is 228 Å². The van der Waals surface area contributed by atoms with E-state index in [0.29, 0.717) is 89.2 Å². The van der Waals surface area contributed by atoms with Crippen LogP contribution in [-0.4, -0.2) is 171 Å². The van der Waals surface area contributed by atoms with Gasteiger partial charge in [-0.3, -0.25) is 24.0 Å². The molecule has 87 heavy (non-hydrogen) atoms. The van der Waals surface area contributed by atoms with E-state index in [4.69, 9.17) is 44.8 Å². The predicted molar refractivity (Wildman–Crippen MR) is 333 cm³/mol. The molecular weight excluding hydrogens is 1160 g/mol. The van der Waals surface area contributed by atoms with Gasteiger partial charge in [0, 0.05) is 74.9 Å². The van der Waals surface area contributed by atoms with Crippen molar-refractivity contribution in [3.63, 3.8) is 0 Å². The first-order valence-electron chi connectivity index (χ1n) is 30.5. The van der Waals surface area contributed by atoms with Gasteiger partial charge in [0.1, 0.15) is 22.9 Å². The van der Waals surface area contributed by atoms with Crippen LogP contribution in [0.4, 0.5) is 0 Å². The first-order chi connectivity index (χ1) is 40.7. The molecule has 1 atom stereocenters. The van der Waals surface area contributed by atoms with Crippen molar-refractivity contribution in [2.24, 2.45) is 0 Å². The molecule has 0 bridgehead atoms. The van der Waals surface area contributed by atoms with Crippen LogP contribution in [0.2, 0.25) is 0 Å². The number of hydrogen-bond acceptors (Lipinski definition) is 20. The molecule has 3 aromatic rings. The predicted octanol–water partition coefficient (Wildman–Crippen LogP) is 6.30. The topological polar surface area (TPSA) is 313 Å². The molecular formula is C59H107N13O13PS-. The molecule has 0 fully saturated rings. The van der Waals surface area contributed by atoms with Gasteiger partial charge in [-0.1, -0.05) is 74.9 Å². The average molecular weight is 1270 g/mol. The lowest BCUT2D eigenvalue weighted by Crippen LogP contribution is -2.50. The van der Waals surface area contributed by atoms with E-state index in [2.05, 4.69) is 52.2 Å². The van der Waals surface area contributed by atoms with Crippen LogP contribution < -0.4 is 26.2 Å². The second kappa shape index (κ2) is 41.6. The van der Waals surface area contributed by atoms with Crippen molar-refractivity contribution in [1.29, 1.82) is 0 Å². The minimum atomic E-state index is -3.12. The maximum Gasteiger partial charge on any atom is 0.220 e. The minimum absolute atomic E-state index is 0. The molecule has 28 heteroatoms. The molecule has 0 aliphatic heterocycles. The van der Waals surface area contributed by atoms with Gasteiger partial charge in [0.2, 0.25) is 23.6 Å². The van der Waals surface area contributed by atoms with Gasteiger partial charge in [-0.25, -0.2) is 14.0 Å². The Balaban J connectivity index is 0.0000258. The summed E-state index contributed by atoms with van der Waals surface area (Å²) in [5.41, 5.74) is 0.561. The summed E-state index contributed by atoms with van der Waals surface area (Å²) in [4.78, 5) is 79.8. The Kier molecular flexibility index (Phi) is 37.5. The van der Waals surface area contributed by atoms with E-state index in [-0.39, 0.29) is 158 Å². The Morgan fingerprint density at radius 3 is 1.30 bits per heavy atom. The third kappa shape index (κ3) is 34.7. The first-order valence-corrected chi connectivity index (χ1v) is 33.1. The van der Waals surface area contributed by atoms with Gasteiger partial charge in [0.25, 0.3) is 0 Å². The van der Waals surface area contributed by atoms with Gasteiger partial charge in [-0.05, 0) is 100 Å². The second-order valence-corrected chi connectivity index (χ2v) is 28.8. The van der Waals surface area contributed by atoms with E-state index in [0.717, 1.165) is 25.7 Å². The van der Waals surface area contributed by atoms with Crippen LogP contribution in [0.25, 0.3) is 0 Å². The third-order valence-corrected chi connectivity index (χ3v) is 17.7. The summed E-state index contributed by atoms with van der Waals surface area (Å²) in [5.74, 6) is -1.22. The molecule has 3 rings (SSSR count). The number of ether oxygens (including phenoxy) is 6. The van der Waals surface area contributed by atoms with E-state index in [1.165, 1.54) is 0 Å². The smallest absolute Gasteiger partial charge is 0.220 e. The highest BCUT2D eigenvalue weighted by Gasteiger charge is 2.34. The molecule has 0 aliphatic rings. The van der Waals surface area contributed by atoms with E-state index >= 15 is 0 Å². The van der Waals surface area contributed by atoms with Crippen LogP contribution in [0.1, 0.15) is 203 Å². The number of nitrogens with zero attached hydrogens (tertiary/aromatic N) is 9. The number of nitrogens with one attached hydrogen (secondary N) is 4. The number of aromatic nitrogens is 9. The highest BCUT2D eigenvalue weighted by atomic mass is 32.5. The number of Topliss-reactive ketones (excluding diaryl/α,β-unsaturated/α-hetero) is 1. The summed E-state index contributed by atoms with van der Waals surface area (Å²) in [5, 5.41) is 36.0. The number of amides is 4. The number of carbonyl (C=O) groups is 5. The molecule has 4 amide bonds. The minimum Gasteiger partial charge on any atom is -0.800 e. The van der Waals surface area contributed by atoms with Crippen molar-refractivity contribution in [3.05, 3.63) is 35.7 Å². The van der Waals surface area contributed by atoms with Crippen LogP contribution in [-0.2, 0) is 99.6 Å². The monoisotopic (exact) mass is 1270 g/mol. The molecule has 0 aliphatic carbocycles. The van der Waals surface area contributed by atoms with Crippen molar-refractivity contribution in [3.8, 4) is 0 Å². The van der Waals surface area contributed by atoms with Crippen molar-refractivity contribution >= 4 is 47.7 Å². The molecule has 26 nitrogen and oxygen atoms in total. The second-order valence-electron chi connectivity index (χ2n) is 24.7. The Hall–Kier alpha value is -4.70. The van der Waals surface area contributed by atoms with Gasteiger partial charge in [-0.15, -0.1) is 15.3 Å². The molecule has 1 unspecified atom stereocenters. The van der Waals surface area contributed by atoms with Gasteiger partial charge < -0.3 is 59.1 Å². The van der Waals surface area contributed by atoms with Gasteiger partial charge in [0.15, 0.2) is 0 Å². The maximum absolute atomic E-state index is 13.9. The Morgan fingerprint density at radius 1 is 0.506 bits per heavy atom. The zero-order valence-corrected chi connectivity index (χ0v) is 55.1. The van der Waals surface area contributed by atoms with Crippen LogP contribution in [0.5, 0.6) is 0 Å². The summed E-state index contributed by atoms with van der Waals surface area (Å²) in [6.07, 6.45) is 10.7. The summed E-state index contributed by atoms with van der Waals surface area (Å²) in [7, 11) is 0. The number of rotatable bonds is 48. The zero-order chi connectivity index (χ0) is 63.5. The quantitative estimate of drug-likeness (QED) is 0.0356. The Morgan fingerprint density at radius 2 is 0.897 bits per heavy atom. The average Bonchev–Trinajstić information content (AvgIpc) is 3.55. The van der Waals surface area contributed by atoms with E-state index in [1.807, 2.05) is 94.8 Å². The van der Waals surface area contributed by atoms with Crippen LogP contribution in [0.3, 0.4) is 0 Å². The highest BCUT2D eigenvalue weighted by molar-refractivity contribution is 8.09. The van der Waals surface area contributed by atoms with Gasteiger partial charge in [0.05, 0.1) is 116 Å². The van der Waals surface area contributed by atoms with Crippen molar-refractivity contribution < 1.29 is 61.8 Å². The largest absolute Gasteiger partial charge is 0.800 e. The fourth-order valence-electron chi connectivity index (χ4n) is 8.14. The Labute approximate surface area is 522 Å². The van der Waals surface area contributed by atoms with E-state index < -0.39 is 17.2 Å². The highest BCUT2D eigenvalue weighted by Crippen LogP contribution is 2.51. The lowest BCUT2D eigenvalue weighted by molar-refractivity contribution is -0.187. The van der Waals surface area contributed by atoms with Crippen molar-refractivity contribution in [2.75, 3.05) is 85.7 Å². The molecule has 4 N–H and O–H groups in total. The summed E-state index contributed by atoms with van der Waals surface area (Å²) >= 11 is 5.20. The van der Waals surface area contributed by atoms with Crippen LogP contribution in [0.15, 0.2) is 18.6 Å². The van der Waals surface area contributed by atoms with Crippen LogP contribution in [0, 0.1) is 0 Å². The maximum atomic E-state index is 13.9. The molecule has 3 heterocycles. The zero-order valence-electron chi connectivity index (χ0n) is 53.4. The summed E-state index contributed by atoms with van der Waals surface area (Å²) < 4.78 is 45.0. The molecule has 0 saturated carbocycles. The number of carbonyl (C=O) groups excluding carboxylic acids is 5. The SMILES string of the molecule is C.CC(C)n1cc(COCCOCCNC(=O)CCC(CCC(=O)NCCOCCOCc2cn(C(C)(C)C)nn2)(CCC(=O)NCCOCCOCc2cn(C(C)(C)C)nn2)NC(=O)CCCC(=O)CCCCCCCOP([O-])(=S)C(C)(C)C)nn1. The fourth-order valence-corrected chi connectivity index (χ4v) is 9.12. The molecule has 0 aromatic carbocycles. The lowest BCUT2D eigenvalue weighted by Gasteiger charge is -2.40. The first kappa shape index (κ1) is 78.4. The van der Waals surface area contributed by atoms with Crippen molar-refractivity contribution in [1.82, 2.24) is 66.2 Å². The van der Waals surface area contributed by atoms with Gasteiger partial charge >= 0.3 is 0 Å². The standard InChI is InChI=1S/C58H104N13O13PS.CH4/c1-46(2)69-40-47(63-66-69)43-81-37-34-78-31-27-59-51(73)21-24-58(25-22-52(74)60-28-32-79-35-38-82-44-48-41-70(67-64-48)55(3,4)5,26-23-53(75)61-29-33-80-36-39-83-45-49-42-71(68-65-49)56(6,7)8)62-54(76)20-17-19-50(72)18-15-13-12-14-16-30-84-85(77,86)57(9,10)11;/h40-42,46H,12-39,43-45H2,1-11H3,(H,59,73)(H,60,74)(H,61,75)(H,62,76)(H,77,86);1H4/p-1. The fraction of sp³-hybridized carbons (Fsp3) is 0.814. The normalized spacial score (nSPS) is 12.9. The molecule has 3 aromatic heterocycles. The van der Waals surface area contributed by atoms with Crippen LogP contribution >= 0.6 is 6.49 Å². The molecule has 0 radical (unpaired) electrons.